The van der Waals surface area contributed by atoms with Crippen LogP contribution in [0, 0.1) is 6.92 Å². The van der Waals surface area contributed by atoms with Crippen molar-refractivity contribution in [3.8, 4) is 17.0 Å². The molecule has 1 aromatic carbocycles. The minimum Gasteiger partial charge on any atom is -0.489 e. The Morgan fingerprint density at radius 1 is 1.38 bits per heavy atom. The van der Waals surface area contributed by atoms with Crippen molar-refractivity contribution in [2.24, 2.45) is 0 Å². The first kappa shape index (κ1) is 13.8. The van der Waals surface area contributed by atoms with E-state index in [0.717, 1.165) is 18.4 Å². The van der Waals surface area contributed by atoms with E-state index in [1.807, 2.05) is 6.07 Å². The number of benzene rings is 1. The second-order valence-corrected chi connectivity index (χ2v) is 5.37. The molecule has 1 aliphatic carbocycles. The standard InChI is InChI=1S/C15H13ClN2O3/c1-8-13(17-7-18-14(8)15(19)20)9-2-5-12(11(16)6-9)21-10-3-4-10/h2,5-7,10H,3-4H2,1H3,(H,19,20). The number of rotatable bonds is 4. The lowest BCUT2D eigenvalue weighted by atomic mass is 10.1. The van der Waals surface area contributed by atoms with Crippen molar-refractivity contribution in [3.63, 3.8) is 0 Å². The molecular weight excluding hydrogens is 292 g/mol. The molecule has 0 amide bonds. The summed E-state index contributed by atoms with van der Waals surface area (Å²) in [7, 11) is 0. The molecule has 1 saturated carbocycles. The minimum atomic E-state index is -1.07. The Morgan fingerprint density at radius 2 is 2.14 bits per heavy atom. The Bertz CT molecular complexity index is 714. The van der Waals surface area contributed by atoms with Crippen molar-refractivity contribution < 1.29 is 14.6 Å². The third-order valence-electron chi connectivity index (χ3n) is 3.31. The summed E-state index contributed by atoms with van der Waals surface area (Å²) in [6.45, 7) is 1.68. The highest BCUT2D eigenvalue weighted by Gasteiger charge is 2.24. The number of aromatic carboxylic acids is 1. The first-order valence-corrected chi connectivity index (χ1v) is 6.95. The second-order valence-electron chi connectivity index (χ2n) is 4.96. The highest BCUT2D eigenvalue weighted by atomic mass is 35.5. The molecule has 0 atom stereocenters. The SMILES string of the molecule is Cc1c(C(=O)O)ncnc1-c1ccc(OC2CC2)c(Cl)c1. The van der Waals surface area contributed by atoms with Crippen LogP contribution >= 0.6 is 11.6 Å². The van der Waals surface area contributed by atoms with E-state index in [0.29, 0.717) is 22.0 Å². The Labute approximate surface area is 126 Å². The molecule has 2 aromatic rings. The van der Waals surface area contributed by atoms with Gasteiger partial charge in [-0.3, -0.25) is 0 Å². The van der Waals surface area contributed by atoms with Gasteiger partial charge in [-0.1, -0.05) is 11.6 Å². The Balaban J connectivity index is 1.98. The van der Waals surface area contributed by atoms with Crippen LogP contribution < -0.4 is 4.74 Å². The van der Waals surface area contributed by atoms with Gasteiger partial charge in [-0.25, -0.2) is 14.8 Å². The number of carboxylic acid groups (broad SMARTS) is 1. The maximum absolute atomic E-state index is 11.1. The number of carboxylic acids is 1. The van der Waals surface area contributed by atoms with Gasteiger partial charge in [-0.15, -0.1) is 0 Å². The maximum Gasteiger partial charge on any atom is 0.354 e. The van der Waals surface area contributed by atoms with Crippen molar-refractivity contribution in [1.82, 2.24) is 9.97 Å². The van der Waals surface area contributed by atoms with Gasteiger partial charge in [0.25, 0.3) is 0 Å². The predicted molar refractivity (Wildman–Crippen MR) is 77.8 cm³/mol. The number of ether oxygens (including phenoxy) is 1. The second kappa shape index (κ2) is 5.33. The van der Waals surface area contributed by atoms with E-state index in [9.17, 15) is 4.79 Å². The smallest absolute Gasteiger partial charge is 0.354 e. The topological polar surface area (TPSA) is 72.3 Å². The molecule has 1 aliphatic rings. The molecule has 108 valence electrons. The van der Waals surface area contributed by atoms with E-state index < -0.39 is 5.97 Å². The van der Waals surface area contributed by atoms with Gasteiger partial charge in [0.2, 0.25) is 0 Å². The van der Waals surface area contributed by atoms with E-state index in [4.69, 9.17) is 21.4 Å². The molecule has 1 N–H and O–H groups in total. The highest BCUT2D eigenvalue weighted by Crippen LogP contribution is 2.35. The molecule has 5 nitrogen and oxygen atoms in total. The monoisotopic (exact) mass is 304 g/mol. The first-order valence-electron chi connectivity index (χ1n) is 6.57. The summed E-state index contributed by atoms with van der Waals surface area (Å²) in [5, 5.41) is 9.60. The van der Waals surface area contributed by atoms with Crippen LogP contribution in [0.25, 0.3) is 11.3 Å². The lowest BCUT2D eigenvalue weighted by molar-refractivity contribution is 0.0689. The van der Waals surface area contributed by atoms with Crippen molar-refractivity contribution in [1.29, 1.82) is 0 Å². The normalized spacial score (nSPS) is 14.0. The molecule has 1 fully saturated rings. The van der Waals surface area contributed by atoms with Gasteiger partial charge in [0.15, 0.2) is 5.69 Å². The number of aromatic nitrogens is 2. The summed E-state index contributed by atoms with van der Waals surface area (Å²) in [6, 6.07) is 5.35. The summed E-state index contributed by atoms with van der Waals surface area (Å²) in [5.74, 6) is -0.427. The summed E-state index contributed by atoms with van der Waals surface area (Å²) in [4.78, 5) is 19.1. The zero-order valence-corrected chi connectivity index (χ0v) is 12.1. The quantitative estimate of drug-likeness (QED) is 0.938. The zero-order valence-electron chi connectivity index (χ0n) is 11.3. The van der Waals surface area contributed by atoms with Gasteiger partial charge in [0.05, 0.1) is 16.8 Å². The van der Waals surface area contributed by atoms with Crippen LogP contribution in [0.5, 0.6) is 5.75 Å². The van der Waals surface area contributed by atoms with E-state index in [1.54, 1.807) is 19.1 Å². The number of hydrogen-bond donors (Lipinski definition) is 1. The average Bonchev–Trinajstić information content (AvgIpc) is 3.25. The highest BCUT2D eigenvalue weighted by molar-refractivity contribution is 6.32. The van der Waals surface area contributed by atoms with Gasteiger partial charge >= 0.3 is 5.97 Å². The van der Waals surface area contributed by atoms with Crippen molar-refractivity contribution >= 4 is 17.6 Å². The molecule has 0 unspecified atom stereocenters. The largest absolute Gasteiger partial charge is 0.489 e. The molecule has 21 heavy (non-hydrogen) atoms. The fraction of sp³-hybridized carbons (Fsp3) is 0.267. The van der Waals surface area contributed by atoms with E-state index in [1.165, 1.54) is 6.33 Å². The molecule has 0 bridgehead atoms. The van der Waals surface area contributed by atoms with Gasteiger partial charge in [-0.05, 0) is 38.0 Å². The van der Waals surface area contributed by atoms with Crippen LogP contribution in [0.3, 0.4) is 0 Å². The number of hydrogen-bond acceptors (Lipinski definition) is 4. The third kappa shape index (κ3) is 2.83. The summed E-state index contributed by atoms with van der Waals surface area (Å²) >= 11 is 6.22. The number of halogens is 1. The lowest BCUT2D eigenvalue weighted by Crippen LogP contribution is -2.06. The average molecular weight is 305 g/mol. The van der Waals surface area contributed by atoms with Crippen LogP contribution in [-0.4, -0.2) is 27.1 Å². The Morgan fingerprint density at radius 3 is 2.76 bits per heavy atom. The molecule has 6 heteroatoms. The van der Waals surface area contributed by atoms with Gasteiger partial charge < -0.3 is 9.84 Å². The first-order chi connectivity index (χ1) is 10.1. The predicted octanol–water partition coefficient (Wildman–Crippen LogP) is 3.34. The van der Waals surface area contributed by atoms with Crippen molar-refractivity contribution in [3.05, 3.63) is 40.8 Å². The zero-order chi connectivity index (χ0) is 15.0. The van der Waals surface area contributed by atoms with Crippen molar-refractivity contribution in [2.45, 2.75) is 25.9 Å². The van der Waals surface area contributed by atoms with Crippen LogP contribution in [0.2, 0.25) is 5.02 Å². The summed E-state index contributed by atoms with van der Waals surface area (Å²) < 4.78 is 5.68. The van der Waals surface area contributed by atoms with Crippen LogP contribution in [0.1, 0.15) is 28.9 Å². The van der Waals surface area contributed by atoms with Gasteiger partial charge in [0.1, 0.15) is 12.1 Å². The van der Waals surface area contributed by atoms with E-state index in [-0.39, 0.29) is 11.8 Å². The summed E-state index contributed by atoms with van der Waals surface area (Å²) in [5.41, 5.74) is 1.80. The van der Waals surface area contributed by atoms with Crippen LogP contribution in [0.15, 0.2) is 24.5 Å². The third-order valence-corrected chi connectivity index (χ3v) is 3.61. The fourth-order valence-corrected chi connectivity index (χ4v) is 2.29. The van der Waals surface area contributed by atoms with Crippen molar-refractivity contribution in [2.75, 3.05) is 0 Å². The van der Waals surface area contributed by atoms with Gasteiger partial charge in [0, 0.05) is 11.1 Å². The Kier molecular flexibility index (Phi) is 3.51. The molecule has 0 aliphatic heterocycles. The summed E-state index contributed by atoms with van der Waals surface area (Å²) in [6.07, 6.45) is 3.64. The molecule has 3 rings (SSSR count). The van der Waals surface area contributed by atoms with Crippen LogP contribution in [-0.2, 0) is 0 Å². The Hall–Kier alpha value is -2.14. The molecular formula is C15H13ClN2O3. The molecule has 1 heterocycles. The van der Waals surface area contributed by atoms with Crippen LogP contribution in [0.4, 0.5) is 0 Å². The van der Waals surface area contributed by atoms with Gasteiger partial charge in [-0.2, -0.15) is 0 Å². The molecule has 0 radical (unpaired) electrons. The molecule has 0 spiro atoms. The van der Waals surface area contributed by atoms with E-state index in [2.05, 4.69) is 9.97 Å². The minimum absolute atomic E-state index is 0.00516. The number of nitrogens with zero attached hydrogens (tertiary/aromatic N) is 2. The molecule has 1 aromatic heterocycles. The maximum atomic E-state index is 11.1. The molecule has 0 saturated heterocycles. The van der Waals surface area contributed by atoms with E-state index >= 15 is 0 Å². The lowest BCUT2D eigenvalue weighted by Gasteiger charge is -2.10. The fourth-order valence-electron chi connectivity index (χ4n) is 2.07. The number of carbonyl (C=O) groups is 1.